The van der Waals surface area contributed by atoms with E-state index in [0.717, 1.165) is 9.13 Å². The molecule has 1 aromatic carbocycles. The summed E-state index contributed by atoms with van der Waals surface area (Å²) in [6.07, 6.45) is 1.42. The van der Waals surface area contributed by atoms with E-state index in [-0.39, 0.29) is 19.0 Å². The van der Waals surface area contributed by atoms with Gasteiger partial charge in [-0.25, -0.2) is 19.1 Å². The quantitative estimate of drug-likeness (QED) is 0.682. The second kappa shape index (κ2) is 7.69. The molecule has 0 fully saturated rings. The minimum atomic E-state index is -1.01. The van der Waals surface area contributed by atoms with Crippen molar-refractivity contribution in [2.24, 2.45) is 0 Å². The first-order valence-electron chi connectivity index (χ1n) is 8.25. The van der Waals surface area contributed by atoms with Crippen molar-refractivity contribution in [3.05, 3.63) is 86.7 Å². The summed E-state index contributed by atoms with van der Waals surface area (Å²) in [5, 5.41) is 10.5. The highest BCUT2D eigenvalue weighted by Gasteiger charge is 2.26. The normalized spacial score (nSPS) is 10.6. The van der Waals surface area contributed by atoms with Crippen LogP contribution in [-0.4, -0.2) is 31.8 Å². The average molecular weight is 367 g/mol. The molecule has 0 aliphatic carbocycles. The summed E-state index contributed by atoms with van der Waals surface area (Å²) in [5.41, 5.74) is -1.71. The molecule has 138 valence electrons. The zero-order valence-electron chi connectivity index (χ0n) is 14.5. The van der Waals surface area contributed by atoms with Crippen molar-refractivity contribution in [1.82, 2.24) is 14.1 Å². The van der Waals surface area contributed by atoms with E-state index in [0.29, 0.717) is 5.56 Å². The van der Waals surface area contributed by atoms with E-state index in [1.165, 1.54) is 12.3 Å². The van der Waals surface area contributed by atoms with Crippen molar-refractivity contribution in [1.29, 1.82) is 0 Å². The molecule has 8 nitrogen and oxygen atoms in total. The predicted molar refractivity (Wildman–Crippen MR) is 97.3 cm³/mol. The van der Waals surface area contributed by atoms with Crippen LogP contribution in [0.5, 0.6) is 5.88 Å². The van der Waals surface area contributed by atoms with Gasteiger partial charge in [0.05, 0.1) is 13.2 Å². The second-order valence-corrected chi connectivity index (χ2v) is 5.60. The summed E-state index contributed by atoms with van der Waals surface area (Å²) >= 11 is 0. The fourth-order valence-corrected chi connectivity index (χ4v) is 2.62. The topological polar surface area (TPSA) is 103 Å². The van der Waals surface area contributed by atoms with Crippen molar-refractivity contribution in [3.63, 3.8) is 0 Å². The molecule has 1 N–H and O–H groups in total. The Bertz CT molecular complexity index is 1070. The van der Waals surface area contributed by atoms with Crippen LogP contribution in [-0.2, 0) is 11.3 Å². The maximum atomic E-state index is 12.9. The molecule has 0 unspecified atom stereocenters. The molecule has 8 heteroatoms. The molecule has 3 rings (SSSR count). The summed E-state index contributed by atoms with van der Waals surface area (Å²) in [5.74, 6) is -1.70. The largest absolute Gasteiger partial charge is 0.494 e. The Labute approximate surface area is 153 Å². The van der Waals surface area contributed by atoms with Gasteiger partial charge in [0.15, 0.2) is 5.56 Å². The van der Waals surface area contributed by atoms with Crippen LogP contribution in [0, 0.1) is 0 Å². The van der Waals surface area contributed by atoms with Crippen LogP contribution < -0.4 is 11.2 Å². The number of carbonyl (C=O) groups is 1. The Morgan fingerprint density at radius 1 is 1.11 bits per heavy atom. The van der Waals surface area contributed by atoms with Crippen LogP contribution in [0.3, 0.4) is 0 Å². The summed E-state index contributed by atoms with van der Waals surface area (Å²) in [6.45, 7) is 1.55. The number of hydrogen-bond acceptors (Lipinski definition) is 6. The van der Waals surface area contributed by atoms with Crippen molar-refractivity contribution < 1.29 is 14.6 Å². The first kappa shape index (κ1) is 18.1. The molecule has 27 heavy (non-hydrogen) atoms. The Balaban J connectivity index is 2.29. The summed E-state index contributed by atoms with van der Waals surface area (Å²) in [7, 11) is 0. The van der Waals surface area contributed by atoms with Crippen LogP contribution in [0.2, 0.25) is 0 Å². The summed E-state index contributed by atoms with van der Waals surface area (Å²) in [6, 6.07) is 13.6. The number of carbonyl (C=O) groups excluding carboxylic acids is 1. The molecule has 2 heterocycles. The number of hydrogen-bond donors (Lipinski definition) is 1. The van der Waals surface area contributed by atoms with Crippen LogP contribution >= 0.6 is 0 Å². The van der Waals surface area contributed by atoms with Gasteiger partial charge in [-0.1, -0.05) is 36.4 Å². The third kappa shape index (κ3) is 3.50. The number of aromatic nitrogens is 3. The number of aromatic hydroxyl groups is 1. The molecular formula is C19H17N3O5. The SMILES string of the molecule is CCOC(=O)c1c(O)n(Cc2ccccc2)c(=O)n(-c2ccccn2)c1=O. The predicted octanol–water partition coefficient (Wildman–Crippen LogP) is 1.32. The first-order valence-corrected chi connectivity index (χ1v) is 8.25. The van der Waals surface area contributed by atoms with Crippen LogP contribution in [0.25, 0.3) is 5.82 Å². The molecule has 2 aromatic heterocycles. The lowest BCUT2D eigenvalue weighted by Gasteiger charge is -2.15. The molecule has 0 saturated heterocycles. The lowest BCUT2D eigenvalue weighted by atomic mass is 10.2. The van der Waals surface area contributed by atoms with Gasteiger partial charge in [0, 0.05) is 6.20 Å². The molecule has 0 spiro atoms. The van der Waals surface area contributed by atoms with E-state index in [4.69, 9.17) is 4.74 Å². The highest BCUT2D eigenvalue weighted by molar-refractivity contribution is 5.91. The fraction of sp³-hybridized carbons (Fsp3) is 0.158. The van der Waals surface area contributed by atoms with Gasteiger partial charge in [0.1, 0.15) is 5.82 Å². The van der Waals surface area contributed by atoms with E-state index in [9.17, 15) is 19.5 Å². The number of ether oxygens (including phenoxy) is 1. The molecule has 0 radical (unpaired) electrons. The van der Waals surface area contributed by atoms with E-state index in [1.54, 1.807) is 43.3 Å². The molecule has 0 aliphatic heterocycles. The zero-order chi connectivity index (χ0) is 19.4. The molecule has 0 aliphatic rings. The summed E-state index contributed by atoms with van der Waals surface area (Å²) in [4.78, 5) is 42.0. The minimum Gasteiger partial charge on any atom is -0.494 e. The van der Waals surface area contributed by atoms with Crippen LogP contribution in [0.15, 0.2) is 64.3 Å². The van der Waals surface area contributed by atoms with E-state index < -0.39 is 28.7 Å². The zero-order valence-corrected chi connectivity index (χ0v) is 14.5. The molecular weight excluding hydrogens is 350 g/mol. The van der Waals surface area contributed by atoms with Crippen LogP contribution in [0.1, 0.15) is 22.8 Å². The van der Waals surface area contributed by atoms with Crippen molar-refractivity contribution in [3.8, 4) is 11.7 Å². The Morgan fingerprint density at radius 3 is 2.44 bits per heavy atom. The average Bonchev–Trinajstić information content (AvgIpc) is 2.67. The number of esters is 1. The van der Waals surface area contributed by atoms with Crippen molar-refractivity contribution in [2.45, 2.75) is 13.5 Å². The number of nitrogens with zero attached hydrogens (tertiary/aromatic N) is 3. The number of rotatable bonds is 5. The van der Waals surface area contributed by atoms with Gasteiger partial charge < -0.3 is 9.84 Å². The highest BCUT2D eigenvalue weighted by Crippen LogP contribution is 2.15. The van der Waals surface area contributed by atoms with Gasteiger partial charge in [0.25, 0.3) is 5.56 Å². The van der Waals surface area contributed by atoms with E-state index in [2.05, 4.69) is 4.98 Å². The van der Waals surface area contributed by atoms with Gasteiger partial charge in [-0.15, -0.1) is 0 Å². The standard InChI is InChI=1S/C19H17N3O5/c1-2-27-18(25)15-16(23)21(12-13-8-4-3-5-9-13)19(26)22(17(15)24)14-10-6-7-11-20-14/h3-11,23H,2,12H2,1H3. The molecule has 3 aromatic rings. The Hall–Kier alpha value is -3.68. The number of pyridine rings is 1. The van der Waals surface area contributed by atoms with Gasteiger partial charge in [-0.2, -0.15) is 0 Å². The highest BCUT2D eigenvalue weighted by atomic mass is 16.5. The van der Waals surface area contributed by atoms with Gasteiger partial charge >= 0.3 is 11.7 Å². The lowest BCUT2D eigenvalue weighted by molar-refractivity contribution is 0.0518. The fourth-order valence-electron chi connectivity index (χ4n) is 2.62. The minimum absolute atomic E-state index is 0.0130. The van der Waals surface area contributed by atoms with Crippen LogP contribution in [0.4, 0.5) is 0 Å². The van der Waals surface area contributed by atoms with E-state index >= 15 is 0 Å². The van der Waals surface area contributed by atoms with E-state index in [1.807, 2.05) is 6.07 Å². The maximum absolute atomic E-state index is 12.9. The smallest absolute Gasteiger partial charge is 0.349 e. The molecule has 0 saturated carbocycles. The van der Waals surface area contributed by atoms with Gasteiger partial charge in [-0.3, -0.25) is 9.36 Å². The molecule has 0 bridgehead atoms. The second-order valence-electron chi connectivity index (χ2n) is 5.60. The van der Waals surface area contributed by atoms with Crippen molar-refractivity contribution in [2.75, 3.05) is 6.61 Å². The molecule has 0 atom stereocenters. The first-order chi connectivity index (χ1) is 13.0. The lowest BCUT2D eigenvalue weighted by Crippen LogP contribution is -2.42. The Kier molecular flexibility index (Phi) is 5.16. The molecule has 0 amide bonds. The van der Waals surface area contributed by atoms with Crippen molar-refractivity contribution >= 4 is 5.97 Å². The Morgan fingerprint density at radius 2 is 1.81 bits per heavy atom. The maximum Gasteiger partial charge on any atom is 0.349 e. The summed E-state index contributed by atoms with van der Waals surface area (Å²) < 4.78 is 6.56. The third-order valence-electron chi connectivity index (χ3n) is 3.86. The monoisotopic (exact) mass is 367 g/mol. The third-order valence-corrected chi connectivity index (χ3v) is 3.86. The van der Waals surface area contributed by atoms with Gasteiger partial charge in [0.2, 0.25) is 5.88 Å². The van der Waals surface area contributed by atoms with Gasteiger partial charge in [-0.05, 0) is 24.6 Å². The number of benzene rings is 1.